The zero-order valence-corrected chi connectivity index (χ0v) is 7.64. The summed E-state index contributed by atoms with van der Waals surface area (Å²) < 4.78 is 0. The largest absolute Gasteiger partial charge is 0.367 e. The second kappa shape index (κ2) is 3.87. The molecule has 0 bridgehead atoms. The van der Waals surface area contributed by atoms with E-state index in [9.17, 15) is 0 Å². The maximum atomic E-state index is 5.38. The number of nitrogen functional groups attached to an aromatic ring is 1. The first-order chi connectivity index (χ1) is 6.84. The van der Waals surface area contributed by atoms with Gasteiger partial charge in [0.15, 0.2) is 0 Å². The lowest BCUT2D eigenvalue weighted by Gasteiger charge is -1.96. The van der Waals surface area contributed by atoms with Crippen molar-refractivity contribution in [2.75, 3.05) is 5.73 Å². The number of nitrogens with two attached hydrogens (primary N) is 1. The van der Waals surface area contributed by atoms with Crippen LogP contribution in [0.25, 0.3) is 0 Å². The summed E-state index contributed by atoms with van der Waals surface area (Å²) in [7, 11) is 0. The predicted octanol–water partition coefficient (Wildman–Crippen LogP) is 0.567. The van der Waals surface area contributed by atoms with E-state index in [1.807, 2.05) is 18.3 Å². The first-order valence-electron chi connectivity index (χ1n) is 4.40. The Kier molecular flexibility index (Phi) is 2.40. The van der Waals surface area contributed by atoms with Gasteiger partial charge in [-0.15, -0.1) is 5.10 Å². The highest BCUT2D eigenvalue weighted by molar-refractivity contribution is 5.14. The minimum Gasteiger partial charge on any atom is -0.367 e. The van der Waals surface area contributed by atoms with Gasteiger partial charge in [0.05, 0.1) is 0 Å². The van der Waals surface area contributed by atoms with Crippen LogP contribution in [-0.4, -0.2) is 20.2 Å². The van der Waals surface area contributed by atoms with E-state index in [-0.39, 0.29) is 0 Å². The SMILES string of the molecule is Nc1n[nH]c(CCc2cccnc2)n1. The number of pyridine rings is 1. The molecular weight excluding hydrogens is 178 g/mol. The molecule has 0 atom stereocenters. The van der Waals surface area contributed by atoms with Gasteiger partial charge >= 0.3 is 0 Å². The zero-order chi connectivity index (χ0) is 9.80. The smallest absolute Gasteiger partial charge is 0.239 e. The molecule has 0 unspecified atom stereocenters. The van der Waals surface area contributed by atoms with Gasteiger partial charge in [0, 0.05) is 18.8 Å². The number of H-pyrrole nitrogens is 1. The molecule has 2 rings (SSSR count). The van der Waals surface area contributed by atoms with Crippen LogP contribution in [0.5, 0.6) is 0 Å². The topological polar surface area (TPSA) is 80.5 Å². The fourth-order valence-corrected chi connectivity index (χ4v) is 1.23. The van der Waals surface area contributed by atoms with Crippen molar-refractivity contribution in [3.8, 4) is 0 Å². The molecule has 5 heteroatoms. The van der Waals surface area contributed by atoms with Gasteiger partial charge in [-0.1, -0.05) is 6.07 Å². The molecule has 0 radical (unpaired) electrons. The van der Waals surface area contributed by atoms with Gasteiger partial charge in [-0.2, -0.15) is 4.98 Å². The van der Waals surface area contributed by atoms with E-state index >= 15 is 0 Å². The highest BCUT2D eigenvalue weighted by Gasteiger charge is 1.99. The number of hydrogen-bond acceptors (Lipinski definition) is 4. The van der Waals surface area contributed by atoms with E-state index in [2.05, 4.69) is 20.2 Å². The van der Waals surface area contributed by atoms with E-state index < -0.39 is 0 Å². The number of nitrogens with one attached hydrogen (secondary N) is 1. The minimum absolute atomic E-state index is 0.297. The Balaban J connectivity index is 1.95. The second-order valence-corrected chi connectivity index (χ2v) is 3.00. The summed E-state index contributed by atoms with van der Waals surface area (Å²) in [5.74, 6) is 1.11. The molecule has 0 aliphatic rings. The number of anilines is 1. The highest BCUT2D eigenvalue weighted by Crippen LogP contribution is 2.02. The summed E-state index contributed by atoms with van der Waals surface area (Å²) in [5.41, 5.74) is 6.56. The number of rotatable bonds is 3. The van der Waals surface area contributed by atoms with Crippen LogP contribution in [-0.2, 0) is 12.8 Å². The molecule has 0 aliphatic carbocycles. The van der Waals surface area contributed by atoms with Crippen molar-refractivity contribution in [2.45, 2.75) is 12.8 Å². The summed E-state index contributed by atoms with van der Waals surface area (Å²) in [6.07, 6.45) is 5.30. The third kappa shape index (κ3) is 2.07. The molecule has 0 aromatic carbocycles. The summed E-state index contributed by atoms with van der Waals surface area (Å²) in [4.78, 5) is 8.05. The molecule has 3 N–H and O–H groups in total. The molecule has 0 fully saturated rings. The molecule has 5 nitrogen and oxygen atoms in total. The van der Waals surface area contributed by atoms with Gasteiger partial charge in [0.25, 0.3) is 0 Å². The molecular formula is C9H11N5. The minimum atomic E-state index is 0.297. The van der Waals surface area contributed by atoms with Crippen molar-refractivity contribution in [1.29, 1.82) is 0 Å². The summed E-state index contributed by atoms with van der Waals surface area (Å²) in [6, 6.07) is 3.96. The predicted molar refractivity (Wildman–Crippen MR) is 52.4 cm³/mol. The van der Waals surface area contributed by atoms with E-state index in [1.165, 1.54) is 5.56 Å². The van der Waals surface area contributed by atoms with Crippen LogP contribution >= 0.6 is 0 Å². The Morgan fingerprint density at radius 1 is 1.36 bits per heavy atom. The molecule has 0 amide bonds. The van der Waals surface area contributed by atoms with Crippen molar-refractivity contribution in [2.24, 2.45) is 0 Å². The normalized spacial score (nSPS) is 10.3. The third-order valence-electron chi connectivity index (χ3n) is 1.92. The van der Waals surface area contributed by atoms with E-state index in [0.717, 1.165) is 18.7 Å². The van der Waals surface area contributed by atoms with Crippen molar-refractivity contribution in [3.63, 3.8) is 0 Å². The Bertz CT molecular complexity index is 395. The van der Waals surface area contributed by atoms with E-state index in [1.54, 1.807) is 6.20 Å². The lowest BCUT2D eigenvalue weighted by Crippen LogP contribution is -1.94. The molecule has 2 heterocycles. The van der Waals surface area contributed by atoms with Crippen molar-refractivity contribution in [1.82, 2.24) is 20.2 Å². The van der Waals surface area contributed by atoms with Gasteiger partial charge in [0.2, 0.25) is 5.95 Å². The molecule has 0 saturated heterocycles. The van der Waals surface area contributed by atoms with E-state index in [4.69, 9.17) is 5.73 Å². The first-order valence-corrected chi connectivity index (χ1v) is 4.40. The lowest BCUT2D eigenvalue weighted by atomic mass is 10.1. The monoisotopic (exact) mass is 189 g/mol. The van der Waals surface area contributed by atoms with Crippen LogP contribution in [0.2, 0.25) is 0 Å². The maximum absolute atomic E-state index is 5.38. The van der Waals surface area contributed by atoms with Crippen LogP contribution in [0.4, 0.5) is 5.95 Å². The summed E-state index contributed by atoms with van der Waals surface area (Å²) in [6.45, 7) is 0. The quantitative estimate of drug-likeness (QED) is 0.739. The lowest BCUT2D eigenvalue weighted by molar-refractivity contribution is 0.861. The highest BCUT2D eigenvalue weighted by atomic mass is 15.3. The molecule has 14 heavy (non-hydrogen) atoms. The van der Waals surface area contributed by atoms with Crippen molar-refractivity contribution in [3.05, 3.63) is 35.9 Å². The van der Waals surface area contributed by atoms with Gasteiger partial charge in [-0.25, -0.2) is 0 Å². The first kappa shape index (κ1) is 8.68. The number of hydrogen-bond donors (Lipinski definition) is 2. The summed E-state index contributed by atoms with van der Waals surface area (Å²) >= 11 is 0. The van der Waals surface area contributed by atoms with Crippen molar-refractivity contribution >= 4 is 5.95 Å². The number of aromatic nitrogens is 4. The van der Waals surface area contributed by atoms with Crippen LogP contribution in [0.15, 0.2) is 24.5 Å². The number of aromatic amines is 1. The summed E-state index contributed by atoms with van der Waals surface area (Å²) in [5, 5.41) is 6.52. The van der Waals surface area contributed by atoms with Gasteiger partial charge < -0.3 is 5.73 Å². The fraction of sp³-hybridized carbons (Fsp3) is 0.222. The number of nitrogens with zero attached hydrogens (tertiary/aromatic N) is 3. The third-order valence-corrected chi connectivity index (χ3v) is 1.92. The van der Waals surface area contributed by atoms with Crippen LogP contribution in [0, 0.1) is 0 Å². The van der Waals surface area contributed by atoms with Crippen LogP contribution in [0.3, 0.4) is 0 Å². The molecule has 72 valence electrons. The zero-order valence-electron chi connectivity index (χ0n) is 7.64. The van der Waals surface area contributed by atoms with Crippen LogP contribution < -0.4 is 5.73 Å². The average molecular weight is 189 g/mol. The van der Waals surface area contributed by atoms with Gasteiger partial charge in [-0.05, 0) is 18.1 Å². The van der Waals surface area contributed by atoms with Crippen LogP contribution in [0.1, 0.15) is 11.4 Å². The standard InChI is InChI=1S/C9H11N5/c10-9-12-8(13-14-9)4-3-7-2-1-5-11-6-7/h1-2,5-6H,3-4H2,(H3,10,12,13,14). The molecule has 0 spiro atoms. The Morgan fingerprint density at radius 2 is 2.29 bits per heavy atom. The molecule has 2 aromatic heterocycles. The Labute approximate surface area is 81.4 Å². The Morgan fingerprint density at radius 3 is 2.93 bits per heavy atom. The van der Waals surface area contributed by atoms with E-state index in [0.29, 0.717) is 5.95 Å². The fourth-order valence-electron chi connectivity index (χ4n) is 1.23. The van der Waals surface area contributed by atoms with Crippen molar-refractivity contribution < 1.29 is 0 Å². The second-order valence-electron chi connectivity index (χ2n) is 3.00. The molecule has 0 saturated carbocycles. The maximum Gasteiger partial charge on any atom is 0.239 e. The number of aryl methyl sites for hydroxylation is 2. The Hall–Kier alpha value is -1.91. The average Bonchev–Trinajstić information content (AvgIpc) is 2.63. The molecule has 0 aliphatic heterocycles. The molecule has 2 aromatic rings. The van der Waals surface area contributed by atoms with Gasteiger partial charge in [-0.3, -0.25) is 10.1 Å². The van der Waals surface area contributed by atoms with Gasteiger partial charge in [0.1, 0.15) is 5.82 Å².